The van der Waals surface area contributed by atoms with Gasteiger partial charge in [-0.25, -0.2) is 18.6 Å². The van der Waals surface area contributed by atoms with E-state index < -0.39 is 23.6 Å². The summed E-state index contributed by atoms with van der Waals surface area (Å²) in [6.07, 6.45) is 6.78. The van der Waals surface area contributed by atoms with Crippen molar-refractivity contribution in [2.45, 2.75) is 76.4 Å². The summed E-state index contributed by atoms with van der Waals surface area (Å²) in [7, 11) is 0. The molecule has 1 saturated carbocycles. The van der Waals surface area contributed by atoms with Crippen LogP contribution in [0.3, 0.4) is 0 Å². The molecule has 8 rings (SSSR count). The first-order valence-corrected chi connectivity index (χ1v) is 19.1. The molecular formula is C41H42F2N8O5. The molecule has 13 nitrogen and oxygen atoms in total. The number of nitriles is 1. The molecular weight excluding hydrogens is 722 g/mol. The quantitative estimate of drug-likeness (QED) is 0.202. The fourth-order valence-corrected chi connectivity index (χ4v) is 8.60. The number of carbonyl (C=O) groups is 3. The van der Waals surface area contributed by atoms with E-state index in [1.54, 1.807) is 48.1 Å². The lowest BCUT2D eigenvalue weighted by atomic mass is 9.60. The number of urea groups is 1. The molecule has 4 aromatic rings. The monoisotopic (exact) mass is 764 g/mol. The van der Waals surface area contributed by atoms with Crippen molar-refractivity contribution in [1.82, 2.24) is 25.1 Å². The van der Waals surface area contributed by atoms with Gasteiger partial charge in [0.05, 0.1) is 22.9 Å². The molecule has 1 atom stereocenters. The second-order valence-electron chi connectivity index (χ2n) is 15.5. The largest absolute Gasteiger partial charge is 0.453 e. The zero-order chi connectivity index (χ0) is 39.1. The number of halogens is 2. The Bertz CT molecular complexity index is 2320. The number of amides is 4. The van der Waals surface area contributed by atoms with Crippen molar-refractivity contribution in [1.29, 1.82) is 5.26 Å². The number of benzene rings is 3. The number of likely N-dealkylation sites (tertiary alicyclic amines) is 1. The third-order valence-electron chi connectivity index (χ3n) is 11.9. The molecule has 1 unspecified atom stereocenters. The van der Waals surface area contributed by atoms with Gasteiger partial charge >= 0.3 is 6.03 Å². The van der Waals surface area contributed by atoms with Crippen LogP contribution in [0.1, 0.15) is 68.5 Å². The van der Waals surface area contributed by atoms with Crippen LogP contribution in [0.2, 0.25) is 0 Å². The highest BCUT2D eigenvalue weighted by Crippen LogP contribution is 2.54. The first kappa shape index (κ1) is 36.9. The van der Waals surface area contributed by atoms with Gasteiger partial charge < -0.3 is 25.2 Å². The Morgan fingerprint density at radius 3 is 2.46 bits per heavy atom. The summed E-state index contributed by atoms with van der Waals surface area (Å²) in [5.41, 5.74) is 1.94. The van der Waals surface area contributed by atoms with Gasteiger partial charge in [0.25, 0.3) is 5.56 Å². The van der Waals surface area contributed by atoms with Crippen LogP contribution in [0.5, 0.6) is 11.5 Å². The summed E-state index contributed by atoms with van der Waals surface area (Å²) < 4.78 is 37.2. The molecule has 0 radical (unpaired) electrons. The standard InChI is InChI=1S/C41H42F2N8O5/c1-24-2-5-31(42)37(30(24)22-44)56-28-4-6-33-29(19-28)39(54)51(23-45-33)27-20-41(21-27)12-16-50(17-13-41)40(55)47-25-10-14-49(15-11-25)35-8-3-26(18-32(35)43)46-34-7-9-36(52)48-38(34)53/h2-6,8,18-19,23,25,27,34,46H,7,9-17,20-21H2,1H3,(H,47,55)(H,48,52,53). The summed E-state index contributed by atoms with van der Waals surface area (Å²) in [5, 5.41) is 18.4. The number of hydrogen-bond acceptors (Lipinski definition) is 9. The zero-order valence-electron chi connectivity index (χ0n) is 30.9. The number of aromatic nitrogens is 2. The summed E-state index contributed by atoms with van der Waals surface area (Å²) in [4.78, 5) is 58.8. The highest BCUT2D eigenvalue weighted by molar-refractivity contribution is 6.01. The molecule has 1 aliphatic carbocycles. The minimum Gasteiger partial charge on any atom is -0.453 e. The van der Waals surface area contributed by atoms with Gasteiger partial charge in [0.2, 0.25) is 11.8 Å². The molecule has 56 heavy (non-hydrogen) atoms. The fraction of sp³-hybridized carbons (Fsp3) is 0.415. The second-order valence-corrected chi connectivity index (χ2v) is 15.5. The average molecular weight is 765 g/mol. The molecule has 0 bridgehead atoms. The number of anilines is 2. The smallest absolute Gasteiger partial charge is 0.317 e. The van der Waals surface area contributed by atoms with Crippen molar-refractivity contribution in [3.05, 3.63) is 88.0 Å². The van der Waals surface area contributed by atoms with Crippen LogP contribution in [-0.4, -0.2) is 70.6 Å². The van der Waals surface area contributed by atoms with Crippen molar-refractivity contribution in [3.8, 4) is 17.6 Å². The fourth-order valence-electron chi connectivity index (χ4n) is 8.60. The Morgan fingerprint density at radius 2 is 1.75 bits per heavy atom. The number of nitrogens with zero attached hydrogens (tertiary/aromatic N) is 5. The number of nitrogens with one attached hydrogen (secondary N) is 3. The number of hydrogen-bond donors (Lipinski definition) is 3. The number of fused-ring (bicyclic) bond motifs is 1. The molecule has 3 aliphatic heterocycles. The second kappa shape index (κ2) is 14.9. The third-order valence-corrected chi connectivity index (χ3v) is 11.9. The molecule has 1 aromatic heterocycles. The van der Waals surface area contributed by atoms with E-state index in [2.05, 4.69) is 20.9 Å². The van der Waals surface area contributed by atoms with Gasteiger partial charge in [0, 0.05) is 50.4 Å². The lowest BCUT2D eigenvalue weighted by Crippen LogP contribution is -2.54. The van der Waals surface area contributed by atoms with Crippen molar-refractivity contribution >= 4 is 40.1 Å². The van der Waals surface area contributed by atoms with E-state index in [-0.39, 0.29) is 58.5 Å². The normalized spacial score (nSPS) is 20.0. The van der Waals surface area contributed by atoms with Gasteiger partial charge in [-0.3, -0.25) is 24.3 Å². The highest BCUT2D eigenvalue weighted by Gasteiger charge is 2.47. The molecule has 1 spiro atoms. The Kier molecular flexibility index (Phi) is 9.82. The molecule has 3 aromatic carbocycles. The lowest BCUT2D eigenvalue weighted by molar-refractivity contribution is -0.133. The molecule has 3 N–H and O–H groups in total. The Balaban J connectivity index is 0.815. The van der Waals surface area contributed by atoms with E-state index in [0.717, 1.165) is 25.7 Å². The summed E-state index contributed by atoms with van der Waals surface area (Å²) in [6.45, 7) is 4.10. The van der Waals surface area contributed by atoms with Crippen LogP contribution in [0.25, 0.3) is 10.9 Å². The SMILES string of the molecule is Cc1ccc(F)c(Oc2ccc3ncn(C4CC5(CCN(C(=O)NC6CCN(c7ccc(NC8CCC(=O)NC8=O)cc7F)CC6)CC5)C4)c(=O)c3c2)c1C#N. The Labute approximate surface area is 321 Å². The number of piperidine rings is 3. The van der Waals surface area contributed by atoms with Crippen molar-refractivity contribution in [3.63, 3.8) is 0 Å². The third kappa shape index (κ3) is 7.23. The van der Waals surface area contributed by atoms with Gasteiger partial charge in [-0.05, 0) is 105 Å². The Morgan fingerprint density at radius 1 is 0.982 bits per heavy atom. The Hall–Kier alpha value is -6.04. The van der Waals surface area contributed by atoms with Crippen LogP contribution in [0.15, 0.2) is 59.7 Å². The van der Waals surface area contributed by atoms with E-state index in [1.807, 2.05) is 15.9 Å². The first-order valence-electron chi connectivity index (χ1n) is 19.1. The number of ether oxygens (including phenoxy) is 1. The van der Waals surface area contributed by atoms with E-state index in [1.165, 1.54) is 18.2 Å². The molecule has 4 fully saturated rings. The summed E-state index contributed by atoms with van der Waals surface area (Å²) in [6, 6.07) is 13.6. The minimum atomic E-state index is -0.665. The van der Waals surface area contributed by atoms with Crippen molar-refractivity contribution in [2.24, 2.45) is 5.41 Å². The number of aryl methyl sites for hydroxylation is 1. The van der Waals surface area contributed by atoms with Crippen molar-refractivity contribution < 1.29 is 27.9 Å². The summed E-state index contributed by atoms with van der Waals surface area (Å²) in [5.74, 6) is -1.73. The van der Waals surface area contributed by atoms with Gasteiger partial charge in [0.15, 0.2) is 11.6 Å². The molecule has 4 aliphatic rings. The predicted octanol–water partition coefficient (Wildman–Crippen LogP) is 5.66. The van der Waals surface area contributed by atoms with Crippen LogP contribution in [0, 0.1) is 35.3 Å². The maximum Gasteiger partial charge on any atom is 0.317 e. The van der Waals surface area contributed by atoms with E-state index in [0.29, 0.717) is 73.3 Å². The number of rotatable bonds is 7. The number of carbonyl (C=O) groups excluding carboxylic acids is 3. The van der Waals surface area contributed by atoms with Crippen LogP contribution in [0.4, 0.5) is 25.0 Å². The predicted molar refractivity (Wildman–Crippen MR) is 203 cm³/mol. The maximum atomic E-state index is 15.2. The van der Waals surface area contributed by atoms with Gasteiger partial charge in [0.1, 0.15) is 29.2 Å². The first-order chi connectivity index (χ1) is 27.0. The maximum absolute atomic E-state index is 15.2. The topological polar surface area (TPSA) is 162 Å². The molecule has 3 saturated heterocycles. The highest BCUT2D eigenvalue weighted by atomic mass is 19.1. The van der Waals surface area contributed by atoms with Gasteiger partial charge in [-0.1, -0.05) is 6.07 Å². The minimum absolute atomic E-state index is 0.0262. The van der Waals surface area contributed by atoms with E-state index in [4.69, 9.17) is 4.74 Å². The van der Waals surface area contributed by atoms with E-state index in [9.17, 15) is 28.8 Å². The van der Waals surface area contributed by atoms with Crippen LogP contribution < -0.4 is 31.1 Å². The lowest BCUT2D eigenvalue weighted by Gasteiger charge is -2.52. The zero-order valence-corrected chi connectivity index (χ0v) is 30.9. The molecule has 290 valence electrons. The van der Waals surface area contributed by atoms with E-state index >= 15 is 4.39 Å². The van der Waals surface area contributed by atoms with Crippen molar-refractivity contribution in [2.75, 3.05) is 36.4 Å². The average Bonchev–Trinajstić information content (AvgIpc) is 3.17. The van der Waals surface area contributed by atoms with Gasteiger partial charge in [-0.15, -0.1) is 0 Å². The van der Waals surface area contributed by atoms with Crippen LogP contribution in [-0.2, 0) is 9.59 Å². The molecule has 4 heterocycles. The number of imide groups is 1. The molecule has 15 heteroatoms. The van der Waals surface area contributed by atoms with Crippen LogP contribution >= 0.6 is 0 Å². The summed E-state index contributed by atoms with van der Waals surface area (Å²) >= 11 is 0. The molecule has 4 amide bonds. The van der Waals surface area contributed by atoms with Gasteiger partial charge in [-0.2, -0.15) is 5.26 Å².